The summed E-state index contributed by atoms with van der Waals surface area (Å²) in [6.45, 7) is 1.88. The summed E-state index contributed by atoms with van der Waals surface area (Å²) in [6, 6.07) is 11.1. The monoisotopic (exact) mass is 429 g/mol. The van der Waals surface area contributed by atoms with Gasteiger partial charge in [0.2, 0.25) is 0 Å². The van der Waals surface area contributed by atoms with Gasteiger partial charge in [0.15, 0.2) is 0 Å². The average molecular weight is 429 g/mol. The third-order valence-electron chi connectivity index (χ3n) is 6.20. The van der Waals surface area contributed by atoms with Gasteiger partial charge in [0.1, 0.15) is 36.6 Å². The summed E-state index contributed by atoms with van der Waals surface area (Å²) in [4.78, 5) is 12.1. The summed E-state index contributed by atoms with van der Waals surface area (Å²) in [5, 5.41) is 53.3. The first-order valence-electron chi connectivity index (χ1n) is 10.3. The zero-order chi connectivity index (χ0) is 22.3. The van der Waals surface area contributed by atoms with E-state index in [2.05, 4.69) is 5.32 Å². The van der Waals surface area contributed by atoms with Crippen molar-refractivity contribution >= 4 is 5.91 Å². The highest BCUT2D eigenvalue weighted by atomic mass is 16.6. The van der Waals surface area contributed by atoms with Gasteiger partial charge in [-0.2, -0.15) is 0 Å². The molecule has 8 heteroatoms. The number of hydrogen-bond acceptors (Lipinski definition) is 7. The number of benzene rings is 2. The Bertz CT molecular complexity index is 976. The Kier molecular flexibility index (Phi) is 6.11. The zero-order valence-electron chi connectivity index (χ0n) is 17.1. The fourth-order valence-corrected chi connectivity index (χ4v) is 4.35. The second-order valence-corrected chi connectivity index (χ2v) is 8.19. The van der Waals surface area contributed by atoms with E-state index >= 15 is 0 Å². The summed E-state index contributed by atoms with van der Waals surface area (Å²) in [6.07, 6.45) is -7.34. The molecule has 1 fully saturated rings. The Morgan fingerprint density at radius 1 is 1.06 bits per heavy atom. The molecule has 2 heterocycles. The van der Waals surface area contributed by atoms with Crippen LogP contribution in [0.5, 0.6) is 0 Å². The molecule has 31 heavy (non-hydrogen) atoms. The summed E-state index contributed by atoms with van der Waals surface area (Å²) in [5.41, 5.74) is 4.62. The van der Waals surface area contributed by atoms with Gasteiger partial charge in [-0.3, -0.25) is 4.79 Å². The molecule has 0 aromatic heterocycles. The van der Waals surface area contributed by atoms with Crippen LogP contribution < -0.4 is 5.32 Å². The number of aliphatic hydroxyl groups excluding tert-OH is 5. The lowest BCUT2D eigenvalue weighted by molar-refractivity contribution is -0.250. The molecule has 0 spiro atoms. The third kappa shape index (κ3) is 3.98. The molecule has 0 radical (unpaired) electrons. The molecule has 0 unspecified atom stereocenters. The molecule has 1 saturated heterocycles. The maximum atomic E-state index is 12.1. The molecule has 6 atom stereocenters. The van der Waals surface area contributed by atoms with Gasteiger partial charge in [-0.25, -0.2) is 0 Å². The van der Waals surface area contributed by atoms with E-state index in [1.807, 2.05) is 24.3 Å². The van der Waals surface area contributed by atoms with Crippen LogP contribution >= 0.6 is 0 Å². The van der Waals surface area contributed by atoms with Crippen molar-refractivity contribution < 1.29 is 35.1 Å². The molecule has 2 aromatic rings. The Hall–Kier alpha value is -2.33. The second kappa shape index (κ2) is 8.66. The number of aryl methyl sites for hydroxylation is 1. The number of rotatable bonds is 4. The van der Waals surface area contributed by atoms with Crippen LogP contribution in [-0.2, 0) is 11.2 Å². The molecule has 0 bridgehead atoms. The van der Waals surface area contributed by atoms with Gasteiger partial charge in [0, 0.05) is 12.1 Å². The van der Waals surface area contributed by atoms with Gasteiger partial charge in [-0.1, -0.05) is 30.3 Å². The van der Waals surface area contributed by atoms with Crippen molar-refractivity contribution in [2.75, 3.05) is 13.2 Å². The Morgan fingerprint density at radius 3 is 2.48 bits per heavy atom. The molecule has 1 amide bonds. The normalized spacial score (nSPS) is 29.2. The number of fused-ring (bicyclic) bond motifs is 1. The minimum Gasteiger partial charge on any atom is -0.394 e. The SMILES string of the molecule is Cc1cc(-c2ccc3c(c2)C(=O)NCC3)ccc1[C@@H](O)[C@H]1O[C@H](CO)[C@@H](O)[C@H](O)[C@@H]1O. The van der Waals surface area contributed by atoms with Crippen LogP contribution in [0.3, 0.4) is 0 Å². The van der Waals surface area contributed by atoms with Gasteiger partial charge in [-0.05, 0) is 47.2 Å². The molecule has 0 aliphatic carbocycles. The van der Waals surface area contributed by atoms with E-state index in [1.165, 1.54) is 0 Å². The van der Waals surface area contributed by atoms with Crippen LogP contribution in [0.4, 0.5) is 0 Å². The van der Waals surface area contributed by atoms with Crippen molar-refractivity contribution in [3.05, 3.63) is 58.7 Å². The van der Waals surface area contributed by atoms with Crippen molar-refractivity contribution in [3.8, 4) is 11.1 Å². The molecule has 0 saturated carbocycles. The molecule has 6 N–H and O–H groups in total. The molecular formula is C23H27NO7. The largest absolute Gasteiger partial charge is 0.394 e. The highest BCUT2D eigenvalue weighted by molar-refractivity contribution is 5.98. The fraction of sp³-hybridized carbons (Fsp3) is 0.435. The van der Waals surface area contributed by atoms with Crippen molar-refractivity contribution in [2.24, 2.45) is 0 Å². The number of aliphatic hydroxyl groups is 5. The molecule has 8 nitrogen and oxygen atoms in total. The minimum absolute atomic E-state index is 0.0884. The predicted octanol–water partition coefficient (Wildman–Crippen LogP) is -0.176. The maximum absolute atomic E-state index is 12.1. The predicted molar refractivity (Wildman–Crippen MR) is 111 cm³/mol. The quantitative estimate of drug-likeness (QED) is 0.396. The van der Waals surface area contributed by atoms with E-state index in [1.54, 1.807) is 19.1 Å². The number of carbonyl (C=O) groups excluding carboxylic acids is 1. The first-order chi connectivity index (χ1) is 14.8. The number of nitrogens with one attached hydrogen (secondary N) is 1. The van der Waals surface area contributed by atoms with Gasteiger partial charge < -0.3 is 35.6 Å². The van der Waals surface area contributed by atoms with Crippen molar-refractivity contribution in [1.29, 1.82) is 0 Å². The summed E-state index contributed by atoms with van der Waals surface area (Å²) in [5.74, 6) is -0.0884. The molecule has 166 valence electrons. The van der Waals surface area contributed by atoms with E-state index in [0.717, 1.165) is 28.7 Å². The van der Waals surface area contributed by atoms with Gasteiger partial charge in [0.25, 0.3) is 5.91 Å². The fourth-order valence-electron chi connectivity index (χ4n) is 4.35. The standard InChI is InChI=1S/C23H27NO7/c1-11-8-13(14-3-2-12-6-7-24-23(30)16(12)9-14)4-5-15(11)18(26)22-21(29)20(28)19(27)17(10-25)31-22/h2-5,8-9,17-22,25-29H,6-7,10H2,1H3,(H,24,30)/t17-,18-,19-,20+,21+,22-/m1/s1. The zero-order valence-corrected chi connectivity index (χ0v) is 17.1. The number of carbonyl (C=O) groups is 1. The summed E-state index contributed by atoms with van der Waals surface area (Å²) >= 11 is 0. The van der Waals surface area contributed by atoms with Gasteiger partial charge in [-0.15, -0.1) is 0 Å². The lowest BCUT2D eigenvalue weighted by atomic mass is 9.87. The lowest BCUT2D eigenvalue weighted by Gasteiger charge is -2.42. The smallest absolute Gasteiger partial charge is 0.251 e. The number of hydrogen-bond donors (Lipinski definition) is 6. The molecule has 2 aromatic carbocycles. The second-order valence-electron chi connectivity index (χ2n) is 8.19. The van der Waals surface area contributed by atoms with Crippen LogP contribution in [0.1, 0.15) is 33.2 Å². The maximum Gasteiger partial charge on any atom is 0.251 e. The van der Waals surface area contributed by atoms with Crippen LogP contribution in [0.15, 0.2) is 36.4 Å². The molecule has 2 aliphatic heterocycles. The highest BCUT2D eigenvalue weighted by Gasteiger charge is 2.46. The van der Waals surface area contributed by atoms with Crippen LogP contribution in [0.25, 0.3) is 11.1 Å². The average Bonchev–Trinajstić information content (AvgIpc) is 2.77. The van der Waals surface area contributed by atoms with E-state index in [4.69, 9.17) is 4.74 Å². The molecule has 2 aliphatic rings. The van der Waals surface area contributed by atoms with Gasteiger partial charge in [0.05, 0.1) is 6.61 Å². The third-order valence-corrected chi connectivity index (χ3v) is 6.20. The topological polar surface area (TPSA) is 139 Å². The Balaban J connectivity index is 1.60. The number of amides is 1. The first kappa shape index (κ1) is 21.9. The van der Waals surface area contributed by atoms with Gasteiger partial charge >= 0.3 is 0 Å². The molecule has 4 rings (SSSR count). The van der Waals surface area contributed by atoms with Crippen molar-refractivity contribution in [2.45, 2.75) is 50.0 Å². The van der Waals surface area contributed by atoms with E-state index in [9.17, 15) is 30.3 Å². The summed E-state index contributed by atoms with van der Waals surface area (Å²) in [7, 11) is 0. The lowest BCUT2D eigenvalue weighted by Crippen LogP contribution is -2.59. The highest BCUT2D eigenvalue weighted by Crippen LogP contribution is 2.33. The first-order valence-corrected chi connectivity index (χ1v) is 10.3. The van der Waals surface area contributed by atoms with Crippen molar-refractivity contribution in [3.63, 3.8) is 0 Å². The number of ether oxygens (including phenoxy) is 1. The van der Waals surface area contributed by atoms with Crippen molar-refractivity contribution in [1.82, 2.24) is 5.32 Å². The van der Waals surface area contributed by atoms with E-state index in [-0.39, 0.29) is 5.91 Å². The van der Waals surface area contributed by atoms with Crippen LogP contribution in [0, 0.1) is 6.92 Å². The van der Waals surface area contributed by atoms with Crippen LogP contribution in [-0.4, -0.2) is 75.1 Å². The Labute approximate surface area is 179 Å². The summed E-state index contributed by atoms with van der Waals surface area (Å²) < 4.78 is 5.49. The van der Waals surface area contributed by atoms with E-state index in [0.29, 0.717) is 17.7 Å². The Morgan fingerprint density at radius 2 is 1.77 bits per heavy atom. The molecular weight excluding hydrogens is 402 g/mol. The van der Waals surface area contributed by atoms with Crippen LogP contribution in [0.2, 0.25) is 0 Å². The minimum atomic E-state index is -1.55. The van der Waals surface area contributed by atoms with E-state index < -0.39 is 43.2 Å².